The second kappa shape index (κ2) is 9.37. The maximum Gasteiger partial charge on any atom is 0.317 e. The molecule has 2 aromatic rings. The molecule has 0 spiro atoms. The van der Waals surface area contributed by atoms with Crippen molar-refractivity contribution >= 4 is 23.5 Å². The normalized spacial score (nSPS) is 14.1. The largest absolute Gasteiger partial charge is 0.339 e. The number of pyridine rings is 1. The molecule has 0 aliphatic carbocycles. The summed E-state index contributed by atoms with van der Waals surface area (Å²) >= 11 is 6.13. The molecule has 0 unspecified atom stereocenters. The van der Waals surface area contributed by atoms with Gasteiger partial charge in [0.25, 0.3) is 0 Å². The van der Waals surface area contributed by atoms with Crippen LogP contribution in [0.5, 0.6) is 0 Å². The van der Waals surface area contributed by atoms with Crippen LogP contribution in [-0.2, 0) is 17.6 Å². The number of piperazine rings is 1. The molecule has 0 saturated carbocycles. The van der Waals surface area contributed by atoms with Gasteiger partial charge in [-0.1, -0.05) is 35.9 Å². The van der Waals surface area contributed by atoms with E-state index < -0.39 is 0 Å². The van der Waals surface area contributed by atoms with Crippen LogP contribution < -0.4 is 5.32 Å². The van der Waals surface area contributed by atoms with Crippen LogP contribution in [0.2, 0.25) is 5.02 Å². The number of carbonyl (C=O) groups is 2. The molecule has 3 amide bonds. The summed E-state index contributed by atoms with van der Waals surface area (Å²) in [5, 5.41) is 3.54. The molecule has 142 valence electrons. The molecular weight excluding hydrogens is 364 g/mol. The van der Waals surface area contributed by atoms with E-state index in [2.05, 4.69) is 10.3 Å². The number of benzene rings is 1. The molecule has 0 radical (unpaired) electrons. The third-order valence-electron chi connectivity index (χ3n) is 4.63. The monoisotopic (exact) mass is 386 g/mol. The first-order valence-electron chi connectivity index (χ1n) is 9.06. The Morgan fingerprint density at radius 3 is 2.48 bits per heavy atom. The maximum absolute atomic E-state index is 12.5. The summed E-state index contributed by atoms with van der Waals surface area (Å²) in [6, 6.07) is 11.2. The summed E-state index contributed by atoms with van der Waals surface area (Å²) in [6.45, 7) is 2.72. The molecule has 1 fully saturated rings. The first-order valence-corrected chi connectivity index (χ1v) is 9.44. The standard InChI is InChI=1S/C20H23ClN4O2/c21-18-6-2-1-5-17(18)14-19(26)24-10-12-25(13-11-24)20(27)23-9-7-16-4-3-8-22-15-16/h1-6,8,15H,7,9-14H2,(H,23,27). The second-order valence-electron chi connectivity index (χ2n) is 6.48. The van der Waals surface area contributed by atoms with Crippen LogP contribution in [-0.4, -0.2) is 59.4 Å². The van der Waals surface area contributed by atoms with Crippen molar-refractivity contribution in [3.8, 4) is 0 Å². The van der Waals surface area contributed by atoms with Crippen LogP contribution in [0.4, 0.5) is 4.79 Å². The zero-order valence-corrected chi connectivity index (χ0v) is 15.9. The summed E-state index contributed by atoms with van der Waals surface area (Å²) in [5.74, 6) is 0.0414. The molecule has 0 atom stereocenters. The third kappa shape index (κ3) is 5.44. The van der Waals surface area contributed by atoms with E-state index in [4.69, 9.17) is 11.6 Å². The lowest BCUT2D eigenvalue weighted by molar-refractivity contribution is -0.131. The van der Waals surface area contributed by atoms with E-state index in [9.17, 15) is 9.59 Å². The minimum atomic E-state index is -0.0860. The molecule has 6 nitrogen and oxygen atoms in total. The average Bonchev–Trinajstić information content (AvgIpc) is 2.70. The fourth-order valence-corrected chi connectivity index (χ4v) is 3.25. The number of aromatic nitrogens is 1. The highest BCUT2D eigenvalue weighted by atomic mass is 35.5. The van der Waals surface area contributed by atoms with E-state index in [-0.39, 0.29) is 18.4 Å². The van der Waals surface area contributed by atoms with Crippen LogP contribution in [0.15, 0.2) is 48.8 Å². The molecule has 1 aliphatic heterocycles. The molecule has 7 heteroatoms. The topological polar surface area (TPSA) is 65.5 Å². The highest BCUT2D eigenvalue weighted by Gasteiger charge is 2.24. The van der Waals surface area contributed by atoms with Crippen molar-refractivity contribution in [2.75, 3.05) is 32.7 Å². The number of hydrogen-bond acceptors (Lipinski definition) is 3. The summed E-state index contributed by atoms with van der Waals surface area (Å²) in [4.78, 5) is 32.4. The Hall–Kier alpha value is -2.60. The smallest absolute Gasteiger partial charge is 0.317 e. The van der Waals surface area contributed by atoms with Gasteiger partial charge in [-0.25, -0.2) is 4.79 Å². The van der Waals surface area contributed by atoms with Gasteiger partial charge in [-0.3, -0.25) is 9.78 Å². The van der Waals surface area contributed by atoms with Crippen molar-refractivity contribution in [3.63, 3.8) is 0 Å². The zero-order chi connectivity index (χ0) is 19.1. The number of hydrogen-bond donors (Lipinski definition) is 1. The number of urea groups is 1. The summed E-state index contributed by atoms with van der Waals surface area (Å²) in [5.41, 5.74) is 1.92. The van der Waals surface area contributed by atoms with Gasteiger partial charge in [0.05, 0.1) is 6.42 Å². The number of halogens is 1. The highest BCUT2D eigenvalue weighted by Crippen LogP contribution is 2.16. The van der Waals surface area contributed by atoms with Gasteiger partial charge >= 0.3 is 6.03 Å². The van der Waals surface area contributed by atoms with Crippen molar-refractivity contribution in [1.82, 2.24) is 20.1 Å². The molecule has 27 heavy (non-hydrogen) atoms. The van der Waals surface area contributed by atoms with E-state index >= 15 is 0 Å². The van der Waals surface area contributed by atoms with Gasteiger partial charge in [-0.05, 0) is 29.7 Å². The molecule has 1 aliphatic rings. The third-order valence-corrected chi connectivity index (χ3v) is 5.00. The van der Waals surface area contributed by atoms with Crippen molar-refractivity contribution in [2.45, 2.75) is 12.8 Å². The highest BCUT2D eigenvalue weighted by molar-refractivity contribution is 6.31. The van der Waals surface area contributed by atoms with Crippen LogP contribution in [0.1, 0.15) is 11.1 Å². The Morgan fingerprint density at radius 2 is 1.78 bits per heavy atom. The molecule has 2 heterocycles. The summed E-state index contributed by atoms with van der Waals surface area (Å²) in [6.07, 6.45) is 4.57. The van der Waals surface area contributed by atoms with E-state index in [1.54, 1.807) is 28.3 Å². The van der Waals surface area contributed by atoms with Gasteiger partial charge < -0.3 is 15.1 Å². The van der Waals surface area contributed by atoms with Crippen LogP contribution >= 0.6 is 11.6 Å². The van der Waals surface area contributed by atoms with Crippen LogP contribution in [0.3, 0.4) is 0 Å². The zero-order valence-electron chi connectivity index (χ0n) is 15.1. The Bertz CT molecular complexity index is 777. The fraction of sp³-hybridized carbons (Fsp3) is 0.350. The molecule has 1 aromatic heterocycles. The molecule has 1 saturated heterocycles. The predicted molar refractivity (Wildman–Crippen MR) is 105 cm³/mol. The second-order valence-corrected chi connectivity index (χ2v) is 6.89. The lowest BCUT2D eigenvalue weighted by Crippen LogP contribution is -2.53. The quantitative estimate of drug-likeness (QED) is 0.858. The van der Waals surface area contributed by atoms with E-state index in [1.807, 2.05) is 30.3 Å². The SMILES string of the molecule is O=C(Cc1ccccc1Cl)N1CCN(C(=O)NCCc2cccnc2)CC1. The number of amides is 3. The van der Waals surface area contributed by atoms with Gasteiger partial charge in [0.15, 0.2) is 0 Å². The van der Waals surface area contributed by atoms with Gasteiger partial charge in [-0.15, -0.1) is 0 Å². The van der Waals surface area contributed by atoms with Crippen LogP contribution in [0, 0.1) is 0 Å². The van der Waals surface area contributed by atoms with Crippen molar-refractivity contribution < 1.29 is 9.59 Å². The molecule has 1 N–H and O–H groups in total. The van der Waals surface area contributed by atoms with Gasteiger partial charge in [0.1, 0.15) is 0 Å². The van der Waals surface area contributed by atoms with Gasteiger partial charge in [0.2, 0.25) is 5.91 Å². The Labute approximate surface area is 164 Å². The molecule has 1 aromatic carbocycles. The molecule has 3 rings (SSSR count). The van der Waals surface area contributed by atoms with Crippen molar-refractivity contribution in [3.05, 3.63) is 64.9 Å². The predicted octanol–water partition coefficient (Wildman–Crippen LogP) is 2.37. The summed E-state index contributed by atoms with van der Waals surface area (Å²) < 4.78 is 0. The molecular formula is C20H23ClN4O2. The lowest BCUT2D eigenvalue weighted by atomic mass is 10.1. The Kier molecular flexibility index (Phi) is 6.65. The number of nitrogens with one attached hydrogen (secondary N) is 1. The Balaban J connectivity index is 1.41. The minimum absolute atomic E-state index is 0.0414. The van der Waals surface area contributed by atoms with Crippen LogP contribution in [0.25, 0.3) is 0 Å². The summed E-state index contributed by atoms with van der Waals surface area (Å²) in [7, 11) is 0. The maximum atomic E-state index is 12.5. The Morgan fingerprint density at radius 1 is 1.04 bits per heavy atom. The minimum Gasteiger partial charge on any atom is -0.339 e. The van der Waals surface area contributed by atoms with Gasteiger partial charge in [0, 0.05) is 50.1 Å². The van der Waals surface area contributed by atoms with Crippen molar-refractivity contribution in [1.29, 1.82) is 0 Å². The van der Waals surface area contributed by atoms with E-state index in [0.29, 0.717) is 37.7 Å². The van der Waals surface area contributed by atoms with E-state index in [0.717, 1.165) is 17.5 Å². The van der Waals surface area contributed by atoms with E-state index in [1.165, 1.54) is 0 Å². The fourth-order valence-electron chi connectivity index (χ4n) is 3.05. The first kappa shape index (κ1) is 19.2. The van der Waals surface area contributed by atoms with Crippen molar-refractivity contribution in [2.24, 2.45) is 0 Å². The number of nitrogens with zero attached hydrogens (tertiary/aromatic N) is 3. The first-order chi connectivity index (χ1) is 13.1. The lowest BCUT2D eigenvalue weighted by Gasteiger charge is -2.34. The number of rotatable bonds is 5. The molecule has 0 bridgehead atoms. The average molecular weight is 387 g/mol. The van der Waals surface area contributed by atoms with Gasteiger partial charge in [-0.2, -0.15) is 0 Å². The number of carbonyl (C=O) groups excluding carboxylic acids is 2.